The summed E-state index contributed by atoms with van der Waals surface area (Å²) in [6.45, 7) is 1.42. The largest absolute Gasteiger partial charge is 0.871 e. The molecule has 2 aromatic rings. The van der Waals surface area contributed by atoms with Gasteiger partial charge in [-0.05, 0) is 18.6 Å². The highest BCUT2D eigenvalue weighted by atomic mass is 35.5. The van der Waals surface area contributed by atoms with Crippen molar-refractivity contribution in [3.8, 4) is 0 Å². The lowest BCUT2D eigenvalue weighted by Crippen LogP contribution is -2.16. The second-order valence-electron chi connectivity index (χ2n) is 5.13. The third kappa shape index (κ3) is 4.21. The quantitative estimate of drug-likeness (QED) is 0.184. The van der Waals surface area contributed by atoms with Crippen molar-refractivity contribution in [1.29, 1.82) is 0 Å². The zero-order valence-corrected chi connectivity index (χ0v) is 14.6. The Morgan fingerprint density at radius 1 is 1.07 bits per heavy atom. The standard InChI is InChI=1S/C17H13ClN2O7/c1-2-27-17(22)15(16(21)10-6-4-3-5-7-10)11-8-12(18)14(20(25)26)9-13(11)19(23)24/h3-9,21H,2H2,1H3/p-1/b16-15+. The van der Waals surface area contributed by atoms with E-state index in [0.717, 1.165) is 6.07 Å². The van der Waals surface area contributed by atoms with E-state index >= 15 is 0 Å². The molecule has 0 aromatic heterocycles. The van der Waals surface area contributed by atoms with Crippen LogP contribution in [0.15, 0.2) is 42.5 Å². The number of benzene rings is 2. The van der Waals surface area contributed by atoms with E-state index in [9.17, 15) is 30.1 Å². The maximum atomic E-state index is 12.8. The Hall–Kier alpha value is -3.46. The summed E-state index contributed by atoms with van der Waals surface area (Å²) in [6, 6.07) is 9.04. The molecule has 27 heavy (non-hydrogen) atoms. The molecule has 0 radical (unpaired) electrons. The topological polar surface area (TPSA) is 136 Å². The summed E-state index contributed by atoms with van der Waals surface area (Å²) in [7, 11) is 0. The van der Waals surface area contributed by atoms with Crippen molar-refractivity contribution in [1.82, 2.24) is 0 Å². The fourth-order valence-electron chi connectivity index (χ4n) is 2.30. The first kappa shape index (κ1) is 19.9. The van der Waals surface area contributed by atoms with E-state index in [1.165, 1.54) is 19.1 Å². The molecule has 9 nitrogen and oxygen atoms in total. The van der Waals surface area contributed by atoms with Gasteiger partial charge in [-0.15, -0.1) is 0 Å². The highest BCUT2D eigenvalue weighted by Crippen LogP contribution is 2.38. The molecule has 0 heterocycles. The van der Waals surface area contributed by atoms with Gasteiger partial charge in [0, 0.05) is 0 Å². The second kappa shape index (κ2) is 8.28. The lowest BCUT2D eigenvalue weighted by atomic mass is 9.98. The van der Waals surface area contributed by atoms with Crippen molar-refractivity contribution in [2.24, 2.45) is 0 Å². The van der Waals surface area contributed by atoms with E-state index in [1.807, 2.05) is 0 Å². The Morgan fingerprint density at radius 2 is 1.67 bits per heavy atom. The van der Waals surface area contributed by atoms with Crippen molar-refractivity contribution >= 4 is 40.3 Å². The predicted octanol–water partition coefficient (Wildman–Crippen LogP) is 2.95. The summed E-state index contributed by atoms with van der Waals surface area (Å²) in [5.41, 5.74) is -2.53. The maximum Gasteiger partial charge on any atom is 0.338 e. The summed E-state index contributed by atoms with van der Waals surface area (Å²) in [5.74, 6) is -1.93. The van der Waals surface area contributed by atoms with Crippen LogP contribution in [0.4, 0.5) is 11.4 Å². The first-order valence-corrected chi connectivity index (χ1v) is 7.92. The fraction of sp³-hybridized carbons (Fsp3) is 0.118. The number of nitro benzene ring substituents is 2. The number of hydrogen-bond acceptors (Lipinski definition) is 7. The number of esters is 1. The van der Waals surface area contributed by atoms with E-state index in [4.69, 9.17) is 16.3 Å². The van der Waals surface area contributed by atoms with Gasteiger partial charge in [-0.25, -0.2) is 4.79 Å². The van der Waals surface area contributed by atoms with Crippen LogP contribution in [0.5, 0.6) is 0 Å². The van der Waals surface area contributed by atoms with Crippen LogP contribution in [-0.4, -0.2) is 22.4 Å². The number of carbonyl (C=O) groups excluding carboxylic acids is 1. The molecule has 0 unspecified atom stereocenters. The van der Waals surface area contributed by atoms with Crippen molar-refractivity contribution < 1.29 is 24.5 Å². The Labute approximate surface area is 157 Å². The van der Waals surface area contributed by atoms with Crippen molar-refractivity contribution in [3.63, 3.8) is 0 Å². The van der Waals surface area contributed by atoms with Gasteiger partial charge in [-0.3, -0.25) is 20.2 Å². The van der Waals surface area contributed by atoms with Crippen LogP contribution in [0.3, 0.4) is 0 Å². The zero-order valence-electron chi connectivity index (χ0n) is 13.9. The zero-order chi connectivity index (χ0) is 20.1. The molecule has 0 spiro atoms. The van der Waals surface area contributed by atoms with Gasteiger partial charge in [-0.1, -0.05) is 47.7 Å². The molecule has 0 bridgehead atoms. The molecule has 0 saturated carbocycles. The van der Waals surface area contributed by atoms with Gasteiger partial charge in [0.2, 0.25) is 0 Å². The fourth-order valence-corrected chi connectivity index (χ4v) is 2.54. The molecule has 2 rings (SSSR count). The van der Waals surface area contributed by atoms with Crippen LogP contribution in [0.2, 0.25) is 5.02 Å². The Kier molecular flexibility index (Phi) is 6.09. The summed E-state index contributed by atoms with van der Waals surface area (Å²) >= 11 is 5.84. The third-order valence-electron chi connectivity index (χ3n) is 3.47. The number of carbonyl (C=O) groups is 1. The van der Waals surface area contributed by atoms with E-state index in [1.54, 1.807) is 18.2 Å². The molecular formula is C17H12ClN2O7-. The summed E-state index contributed by atoms with van der Waals surface area (Å²) in [5, 5.41) is 34.8. The predicted molar refractivity (Wildman–Crippen MR) is 94.6 cm³/mol. The van der Waals surface area contributed by atoms with Crippen LogP contribution in [0.1, 0.15) is 18.1 Å². The Balaban J connectivity index is 2.85. The molecular weight excluding hydrogens is 380 g/mol. The lowest BCUT2D eigenvalue weighted by molar-refractivity contribution is -0.394. The minimum absolute atomic E-state index is 0.0844. The monoisotopic (exact) mass is 391 g/mol. The summed E-state index contributed by atoms with van der Waals surface area (Å²) in [6.07, 6.45) is 0. The lowest BCUT2D eigenvalue weighted by Gasteiger charge is -2.19. The number of rotatable bonds is 6. The Bertz CT molecular complexity index is 942. The van der Waals surface area contributed by atoms with Crippen molar-refractivity contribution in [3.05, 3.63) is 78.8 Å². The number of hydrogen-bond donors (Lipinski definition) is 0. The first-order chi connectivity index (χ1) is 12.8. The van der Waals surface area contributed by atoms with E-state index in [0.29, 0.717) is 6.07 Å². The van der Waals surface area contributed by atoms with Crippen LogP contribution < -0.4 is 5.11 Å². The number of nitrogens with zero attached hydrogens (tertiary/aromatic N) is 2. The van der Waals surface area contributed by atoms with Crippen molar-refractivity contribution in [2.75, 3.05) is 6.61 Å². The Morgan fingerprint density at radius 3 is 2.19 bits per heavy atom. The average Bonchev–Trinajstić information content (AvgIpc) is 2.62. The molecule has 140 valence electrons. The molecule has 0 aliphatic carbocycles. The van der Waals surface area contributed by atoms with Gasteiger partial charge < -0.3 is 9.84 Å². The van der Waals surface area contributed by atoms with Gasteiger partial charge in [0.1, 0.15) is 5.02 Å². The molecule has 0 atom stereocenters. The van der Waals surface area contributed by atoms with Gasteiger partial charge in [0.05, 0.1) is 33.7 Å². The van der Waals surface area contributed by atoms with Gasteiger partial charge in [0.15, 0.2) is 0 Å². The van der Waals surface area contributed by atoms with E-state index < -0.39 is 49.1 Å². The first-order valence-electron chi connectivity index (χ1n) is 7.54. The van der Waals surface area contributed by atoms with E-state index in [-0.39, 0.29) is 12.2 Å². The molecule has 0 amide bonds. The normalized spacial score (nSPS) is 11.5. The van der Waals surface area contributed by atoms with Crippen LogP contribution >= 0.6 is 11.6 Å². The van der Waals surface area contributed by atoms with E-state index in [2.05, 4.69) is 0 Å². The number of ether oxygens (including phenoxy) is 1. The van der Waals surface area contributed by atoms with Crippen LogP contribution in [0, 0.1) is 20.2 Å². The summed E-state index contributed by atoms with van der Waals surface area (Å²) < 4.78 is 4.86. The highest BCUT2D eigenvalue weighted by molar-refractivity contribution is 6.33. The second-order valence-corrected chi connectivity index (χ2v) is 5.53. The molecule has 0 saturated heterocycles. The molecule has 10 heteroatoms. The van der Waals surface area contributed by atoms with Gasteiger partial charge in [-0.2, -0.15) is 0 Å². The minimum Gasteiger partial charge on any atom is -0.871 e. The smallest absolute Gasteiger partial charge is 0.338 e. The molecule has 0 aliphatic rings. The van der Waals surface area contributed by atoms with Crippen molar-refractivity contribution in [2.45, 2.75) is 6.92 Å². The minimum atomic E-state index is -1.10. The number of halogens is 1. The SMILES string of the molecule is CCOC(=O)/C(=C(/[O-])c1ccccc1)c1cc(Cl)c([N+](=O)[O-])cc1[N+](=O)[O-]. The van der Waals surface area contributed by atoms with Crippen LogP contribution in [-0.2, 0) is 9.53 Å². The molecule has 0 aliphatic heterocycles. The van der Waals surface area contributed by atoms with Gasteiger partial charge in [0.25, 0.3) is 11.4 Å². The average molecular weight is 392 g/mol. The molecule has 0 N–H and O–H groups in total. The van der Waals surface area contributed by atoms with Crippen LogP contribution in [0.25, 0.3) is 11.3 Å². The maximum absolute atomic E-state index is 12.8. The number of nitro groups is 2. The molecule has 2 aromatic carbocycles. The summed E-state index contributed by atoms with van der Waals surface area (Å²) in [4.78, 5) is 33.0. The highest BCUT2D eigenvalue weighted by Gasteiger charge is 2.29. The molecule has 0 fully saturated rings. The third-order valence-corrected chi connectivity index (χ3v) is 3.77. The van der Waals surface area contributed by atoms with Gasteiger partial charge >= 0.3 is 5.97 Å².